The molecule has 4 rings (SSSR count). The van der Waals surface area contributed by atoms with Crippen molar-refractivity contribution in [1.82, 2.24) is 4.90 Å². The summed E-state index contributed by atoms with van der Waals surface area (Å²) < 4.78 is 30.1. The summed E-state index contributed by atoms with van der Waals surface area (Å²) in [6.45, 7) is 12.7. The van der Waals surface area contributed by atoms with Crippen molar-refractivity contribution >= 4 is 26.5 Å². The van der Waals surface area contributed by atoms with Crippen LogP contribution in [0.3, 0.4) is 0 Å². The van der Waals surface area contributed by atoms with Crippen molar-refractivity contribution in [3.05, 3.63) is 70.8 Å². The summed E-state index contributed by atoms with van der Waals surface area (Å²) in [7, 11) is -3.70. The second-order valence-corrected chi connectivity index (χ2v) is 10.5. The first-order chi connectivity index (χ1) is 14.7. The van der Waals surface area contributed by atoms with Gasteiger partial charge in [-0.15, -0.1) is 4.40 Å². The number of amidine groups is 1. The number of benzene rings is 2. The van der Waals surface area contributed by atoms with Gasteiger partial charge in [0, 0.05) is 36.9 Å². The van der Waals surface area contributed by atoms with Crippen molar-refractivity contribution in [2.24, 2.45) is 4.40 Å². The van der Waals surface area contributed by atoms with Crippen molar-refractivity contribution < 1.29 is 8.42 Å². The first-order valence-corrected chi connectivity index (χ1v) is 12.4. The van der Waals surface area contributed by atoms with Gasteiger partial charge in [-0.3, -0.25) is 0 Å². The Labute approximate surface area is 186 Å². The summed E-state index contributed by atoms with van der Waals surface area (Å²) >= 11 is 0. The monoisotopic (exact) mass is 437 g/mol. The molecule has 0 amide bonds. The molecule has 0 N–H and O–H groups in total. The van der Waals surface area contributed by atoms with Crippen LogP contribution in [0.25, 0.3) is 4.91 Å². The molecule has 0 saturated carbocycles. The third-order valence-electron chi connectivity index (χ3n) is 6.24. The first kappa shape index (κ1) is 21.6. The maximum atomic E-state index is 13.0. The predicted octanol–water partition coefficient (Wildman–Crippen LogP) is 4.80. The van der Waals surface area contributed by atoms with E-state index in [1.54, 1.807) is 0 Å². The highest BCUT2D eigenvalue weighted by Crippen LogP contribution is 2.35. The molecule has 1 fully saturated rings. The number of hydrogen-bond acceptors (Lipinski definition) is 4. The number of hydrogen-bond donors (Lipinski definition) is 0. The van der Waals surface area contributed by atoms with Crippen LogP contribution in [-0.2, 0) is 10.0 Å². The summed E-state index contributed by atoms with van der Waals surface area (Å²) in [4.78, 5) is 4.85. The van der Waals surface area contributed by atoms with E-state index in [2.05, 4.69) is 66.2 Å². The van der Waals surface area contributed by atoms with Gasteiger partial charge in [0.05, 0.1) is 0 Å². The molecule has 5 nitrogen and oxygen atoms in total. The molecule has 0 radical (unpaired) electrons. The topological polar surface area (TPSA) is 53.0 Å². The van der Waals surface area contributed by atoms with Gasteiger partial charge in [0.25, 0.3) is 10.0 Å². The minimum Gasteiger partial charge on any atom is -0.365 e. The minimum absolute atomic E-state index is 0.253. The molecular formula is C25H31N3O2S. The normalized spacial score (nSPS) is 21.1. The lowest BCUT2D eigenvalue weighted by atomic mass is 10.0. The summed E-state index contributed by atoms with van der Waals surface area (Å²) in [6, 6.07) is 16.6. The number of aryl methyl sites for hydroxylation is 1. The maximum absolute atomic E-state index is 13.0. The van der Waals surface area contributed by atoms with E-state index < -0.39 is 10.0 Å². The van der Waals surface area contributed by atoms with E-state index in [1.165, 1.54) is 16.8 Å². The Hall–Kier alpha value is -2.60. The Balaban J connectivity index is 1.59. The zero-order chi connectivity index (χ0) is 22.3. The summed E-state index contributed by atoms with van der Waals surface area (Å²) in [5, 5.41) is 0. The number of anilines is 1. The molecule has 31 heavy (non-hydrogen) atoms. The van der Waals surface area contributed by atoms with Crippen LogP contribution in [0.4, 0.5) is 5.69 Å². The lowest BCUT2D eigenvalue weighted by Gasteiger charge is -2.42. The molecule has 0 bridgehead atoms. The Morgan fingerprint density at radius 2 is 1.74 bits per heavy atom. The van der Waals surface area contributed by atoms with Gasteiger partial charge in [-0.2, -0.15) is 8.42 Å². The fraction of sp³-hybridized carbons (Fsp3) is 0.400. The fourth-order valence-corrected chi connectivity index (χ4v) is 6.03. The summed E-state index contributed by atoms with van der Waals surface area (Å²) in [5.41, 5.74) is 5.11. The molecule has 2 aliphatic rings. The smallest absolute Gasteiger partial charge is 0.285 e. The Morgan fingerprint density at radius 3 is 2.35 bits per heavy atom. The zero-order valence-electron chi connectivity index (χ0n) is 19.0. The molecular weight excluding hydrogens is 406 g/mol. The van der Waals surface area contributed by atoms with E-state index in [1.807, 2.05) is 31.2 Å². The van der Waals surface area contributed by atoms with E-state index in [9.17, 15) is 8.42 Å². The number of nitrogens with zero attached hydrogens (tertiary/aromatic N) is 3. The van der Waals surface area contributed by atoms with Gasteiger partial charge >= 0.3 is 0 Å². The van der Waals surface area contributed by atoms with Gasteiger partial charge in [0.2, 0.25) is 0 Å². The van der Waals surface area contributed by atoms with Gasteiger partial charge in [-0.1, -0.05) is 50.2 Å². The summed E-state index contributed by atoms with van der Waals surface area (Å²) in [5.74, 6) is 1.00. The second-order valence-electron chi connectivity index (χ2n) is 8.95. The fourth-order valence-electron chi connectivity index (χ4n) is 4.54. The maximum Gasteiger partial charge on any atom is 0.285 e. The molecule has 2 aliphatic heterocycles. The molecule has 0 unspecified atom stereocenters. The SMILES string of the molecule is CC1=C(c2ccc(C(C)C)cc2)S(=O)(=O)N=C1N1CCN(c2cccc(C)c2)[C@H](C)C1. The number of rotatable bonds is 3. The molecule has 1 saturated heterocycles. The van der Waals surface area contributed by atoms with E-state index >= 15 is 0 Å². The molecule has 6 heteroatoms. The van der Waals surface area contributed by atoms with Gasteiger partial charge in [0.1, 0.15) is 10.7 Å². The standard InChI is InChI=1S/C25H31N3O2S/c1-17(2)21-9-11-22(12-10-21)24-20(5)25(26-31(24,29)30)27-13-14-28(19(4)16-27)23-8-6-7-18(3)15-23/h6-12,15,17,19H,13-14,16H2,1-5H3/t19-/m1/s1. The number of piperazine rings is 1. The Kier molecular flexibility index (Phi) is 5.69. The van der Waals surface area contributed by atoms with Crippen molar-refractivity contribution in [3.8, 4) is 0 Å². The highest BCUT2D eigenvalue weighted by Gasteiger charge is 2.36. The van der Waals surface area contributed by atoms with Crippen molar-refractivity contribution in [3.63, 3.8) is 0 Å². The molecule has 0 aromatic heterocycles. The van der Waals surface area contributed by atoms with E-state index in [4.69, 9.17) is 0 Å². The summed E-state index contributed by atoms with van der Waals surface area (Å²) in [6.07, 6.45) is 0. The van der Waals surface area contributed by atoms with Crippen LogP contribution >= 0.6 is 0 Å². The largest absolute Gasteiger partial charge is 0.365 e. The average molecular weight is 438 g/mol. The average Bonchev–Trinajstić information content (AvgIpc) is 2.96. The van der Waals surface area contributed by atoms with Gasteiger partial charge in [-0.25, -0.2) is 0 Å². The van der Waals surface area contributed by atoms with Gasteiger partial charge in [-0.05, 0) is 55.5 Å². The highest BCUT2D eigenvalue weighted by atomic mass is 32.2. The lowest BCUT2D eigenvalue weighted by Crippen LogP contribution is -2.53. The molecule has 2 aromatic carbocycles. The van der Waals surface area contributed by atoms with E-state index in [0.29, 0.717) is 22.2 Å². The zero-order valence-corrected chi connectivity index (χ0v) is 19.8. The van der Waals surface area contributed by atoms with Crippen LogP contribution in [0.2, 0.25) is 0 Å². The Bertz CT molecular complexity index is 1150. The highest BCUT2D eigenvalue weighted by molar-refractivity contribution is 8.00. The van der Waals surface area contributed by atoms with E-state index in [-0.39, 0.29) is 6.04 Å². The van der Waals surface area contributed by atoms with Crippen LogP contribution in [0.1, 0.15) is 50.3 Å². The molecule has 1 atom stereocenters. The van der Waals surface area contributed by atoms with Crippen molar-refractivity contribution in [1.29, 1.82) is 0 Å². The van der Waals surface area contributed by atoms with Crippen molar-refractivity contribution in [2.75, 3.05) is 24.5 Å². The minimum atomic E-state index is -3.70. The lowest BCUT2D eigenvalue weighted by molar-refractivity contribution is 0.339. The second kappa shape index (κ2) is 8.15. The van der Waals surface area contributed by atoms with Crippen LogP contribution in [-0.4, -0.2) is 44.8 Å². The van der Waals surface area contributed by atoms with Crippen LogP contribution in [0, 0.1) is 6.92 Å². The van der Waals surface area contributed by atoms with Crippen LogP contribution < -0.4 is 4.90 Å². The van der Waals surface area contributed by atoms with Gasteiger partial charge < -0.3 is 9.80 Å². The Morgan fingerprint density at radius 1 is 1.03 bits per heavy atom. The number of sulfonamides is 1. The first-order valence-electron chi connectivity index (χ1n) is 10.9. The predicted molar refractivity (Wildman–Crippen MR) is 129 cm³/mol. The molecule has 2 heterocycles. The van der Waals surface area contributed by atoms with E-state index in [0.717, 1.165) is 25.2 Å². The van der Waals surface area contributed by atoms with Gasteiger partial charge in [0.15, 0.2) is 0 Å². The molecule has 0 aliphatic carbocycles. The van der Waals surface area contributed by atoms with Crippen LogP contribution in [0.15, 0.2) is 58.5 Å². The molecule has 0 spiro atoms. The van der Waals surface area contributed by atoms with Crippen LogP contribution in [0.5, 0.6) is 0 Å². The van der Waals surface area contributed by atoms with Crippen molar-refractivity contribution in [2.45, 2.75) is 46.6 Å². The molecule has 164 valence electrons. The third kappa shape index (κ3) is 4.13. The quantitative estimate of drug-likeness (QED) is 0.692. The molecule has 2 aromatic rings. The third-order valence-corrected chi connectivity index (χ3v) is 7.71.